The van der Waals surface area contributed by atoms with Crippen molar-refractivity contribution in [1.29, 1.82) is 0 Å². The molecule has 0 aromatic heterocycles. The number of hydrogen-bond donors (Lipinski definition) is 0. The predicted molar refractivity (Wildman–Crippen MR) is 196 cm³/mol. The van der Waals surface area contributed by atoms with Gasteiger partial charge in [-0.05, 0) is 119 Å². The van der Waals surface area contributed by atoms with Crippen LogP contribution in [0.25, 0.3) is 0 Å². The van der Waals surface area contributed by atoms with E-state index in [0.717, 1.165) is 81.6 Å². The Morgan fingerprint density at radius 3 is 1.55 bits per heavy atom. The molecule has 8 atom stereocenters. The first-order chi connectivity index (χ1) is 22.7. The molecule has 12 nitrogen and oxygen atoms in total. The van der Waals surface area contributed by atoms with E-state index in [4.69, 9.17) is 28.4 Å². The van der Waals surface area contributed by atoms with Crippen molar-refractivity contribution in [3.05, 3.63) is 12.7 Å². The average molecular weight is 735 g/mol. The van der Waals surface area contributed by atoms with Gasteiger partial charge in [-0.2, -0.15) is 0 Å². The van der Waals surface area contributed by atoms with Crippen molar-refractivity contribution in [2.75, 3.05) is 33.2 Å². The van der Waals surface area contributed by atoms with E-state index in [-0.39, 0.29) is 45.6 Å². The van der Waals surface area contributed by atoms with Crippen LogP contribution in [-0.4, -0.2) is 97.1 Å². The minimum atomic E-state index is -0.337. The Hall–Kier alpha value is -1.19. The second-order valence-electron chi connectivity index (χ2n) is 15.6. The molecule has 0 radical (unpaired) electrons. The second kappa shape index (κ2) is 25.0. The minimum absolute atomic E-state index is 0. The molecule has 1 heterocycles. The molecule has 0 amide bonds. The lowest BCUT2D eigenvalue weighted by molar-refractivity contribution is -0.166. The van der Waals surface area contributed by atoms with Gasteiger partial charge in [0, 0.05) is 12.7 Å². The fourth-order valence-corrected chi connectivity index (χ4v) is 10.6. The predicted octanol–water partition coefficient (Wildman–Crippen LogP) is 4.06. The van der Waals surface area contributed by atoms with Gasteiger partial charge in [0.05, 0.1) is 44.2 Å². The summed E-state index contributed by atoms with van der Waals surface area (Å²) in [6, 6.07) is 0. The minimum Gasteiger partial charge on any atom is -0.463 e. The van der Waals surface area contributed by atoms with Crippen LogP contribution in [0, 0.1) is 35.5 Å². The fraction of sp³-hybridized carbons (Fsp3) is 0.923. The van der Waals surface area contributed by atoms with Gasteiger partial charge in [0.25, 0.3) is 0 Å². The highest BCUT2D eigenvalue weighted by molar-refractivity contribution is 5.81. The lowest BCUT2D eigenvalue weighted by atomic mass is 9.53. The summed E-state index contributed by atoms with van der Waals surface area (Å²) in [7, 11) is 0. The molecule has 0 aromatic rings. The van der Waals surface area contributed by atoms with Crippen molar-refractivity contribution < 1.29 is 60.6 Å². The highest BCUT2D eigenvalue weighted by Crippen LogP contribution is 2.56. The van der Waals surface area contributed by atoms with Gasteiger partial charge in [-0.25, -0.2) is 4.79 Å². The number of carbonyl (C=O) groups is 1. The van der Waals surface area contributed by atoms with Crippen LogP contribution in [0.5, 0.6) is 0 Å². The SMILES string of the molecule is C=CC(=O)OCCCCCCOC1CCC(OCOC2COC3CCC4CCCCC4C3C3C(CCC4CCCCC43)OC2)CC1.O.O.O.O.O. The molecule has 10 N–H and O–H groups in total. The van der Waals surface area contributed by atoms with Gasteiger partial charge in [0.2, 0.25) is 0 Å². The number of esters is 1. The third kappa shape index (κ3) is 13.3. The summed E-state index contributed by atoms with van der Waals surface area (Å²) in [5.41, 5.74) is 0. The molecular formula is C39H74O12. The van der Waals surface area contributed by atoms with Gasteiger partial charge in [-0.3, -0.25) is 0 Å². The Morgan fingerprint density at radius 2 is 1.02 bits per heavy atom. The lowest BCUT2D eigenvalue weighted by Crippen LogP contribution is -2.53. The van der Waals surface area contributed by atoms with Crippen LogP contribution >= 0.6 is 0 Å². The van der Waals surface area contributed by atoms with Gasteiger partial charge in [-0.1, -0.05) is 51.5 Å². The molecule has 12 heteroatoms. The Kier molecular flexibility index (Phi) is 23.4. The highest BCUT2D eigenvalue weighted by Gasteiger charge is 2.53. The zero-order chi connectivity index (χ0) is 31.6. The Morgan fingerprint density at radius 1 is 0.549 bits per heavy atom. The molecule has 1 saturated heterocycles. The number of hydrogen-bond acceptors (Lipinski definition) is 7. The van der Waals surface area contributed by atoms with E-state index in [9.17, 15) is 4.79 Å². The van der Waals surface area contributed by atoms with E-state index in [1.807, 2.05) is 0 Å². The molecule has 6 rings (SSSR count). The first kappa shape index (κ1) is 47.8. The number of unbranched alkanes of at least 4 members (excludes halogenated alkanes) is 3. The van der Waals surface area contributed by atoms with Crippen molar-refractivity contribution in [3.63, 3.8) is 0 Å². The monoisotopic (exact) mass is 735 g/mol. The van der Waals surface area contributed by atoms with E-state index >= 15 is 0 Å². The zero-order valence-electron chi connectivity index (χ0n) is 31.2. The molecule has 0 aromatic carbocycles. The van der Waals surface area contributed by atoms with Crippen LogP contribution in [0.1, 0.15) is 128 Å². The van der Waals surface area contributed by atoms with E-state index in [1.165, 1.54) is 83.1 Å². The van der Waals surface area contributed by atoms with Crippen molar-refractivity contribution >= 4 is 5.97 Å². The smallest absolute Gasteiger partial charge is 0.330 e. The van der Waals surface area contributed by atoms with E-state index in [0.29, 0.717) is 56.8 Å². The molecule has 8 unspecified atom stereocenters. The molecule has 6 aliphatic rings. The summed E-state index contributed by atoms with van der Waals surface area (Å²) in [6.07, 6.45) is 27.3. The van der Waals surface area contributed by atoms with Gasteiger partial charge in [0.15, 0.2) is 0 Å². The summed E-state index contributed by atoms with van der Waals surface area (Å²) >= 11 is 0. The van der Waals surface area contributed by atoms with E-state index < -0.39 is 0 Å². The van der Waals surface area contributed by atoms with E-state index in [2.05, 4.69) is 6.58 Å². The third-order valence-electron chi connectivity index (χ3n) is 12.9. The molecule has 6 fully saturated rings. The standard InChI is InChI=1S/C39H64O7.5H2O/c1-2-37(40)42-24-10-4-3-9-23-41-30-17-19-31(20-18-30)45-27-46-32-25-43-35-21-15-28-11-5-7-13-33(28)38(35)39-34-14-8-6-12-29(34)16-22-36(39)44-26-32;;;;;/h2,28-36,38-39H,1,3-27H2;5*1H2. The molecule has 5 saturated carbocycles. The van der Waals surface area contributed by atoms with Gasteiger partial charge in [-0.15, -0.1) is 0 Å². The molecular weight excluding hydrogens is 660 g/mol. The summed E-state index contributed by atoms with van der Waals surface area (Å²) in [5.74, 6) is 4.52. The Bertz CT molecular complexity index is 888. The molecule has 5 aliphatic carbocycles. The maximum absolute atomic E-state index is 11.1. The number of fused-ring (bicyclic) bond motifs is 7. The van der Waals surface area contributed by atoms with Gasteiger partial charge in [0.1, 0.15) is 12.9 Å². The molecule has 302 valence electrons. The number of rotatable bonds is 13. The third-order valence-corrected chi connectivity index (χ3v) is 12.9. The largest absolute Gasteiger partial charge is 0.463 e. The second-order valence-corrected chi connectivity index (χ2v) is 15.6. The first-order valence-corrected chi connectivity index (χ1v) is 19.6. The van der Waals surface area contributed by atoms with Crippen LogP contribution in [0.15, 0.2) is 12.7 Å². The van der Waals surface area contributed by atoms with Crippen molar-refractivity contribution in [2.45, 2.75) is 159 Å². The highest BCUT2D eigenvalue weighted by atomic mass is 16.7. The molecule has 0 bridgehead atoms. The summed E-state index contributed by atoms with van der Waals surface area (Å²) in [6.45, 7) is 6.30. The van der Waals surface area contributed by atoms with E-state index in [1.54, 1.807) is 0 Å². The maximum atomic E-state index is 11.1. The number of carbonyl (C=O) groups excluding carboxylic acids is 1. The van der Waals surface area contributed by atoms with Crippen molar-refractivity contribution in [1.82, 2.24) is 0 Å². The fourth-order valence-electron chi connectivity index (χ4n) is 10.6. The van der Waals surface area contributed by atoms with Crippen LogP contribution in [0.2, 0.25) is 0 Å². The zero-order valence-corrected chi connectivity index (χ0v) is 31.2. The van der Waals surface area contributed by atoms with Crippen LogP contribution in [-0.2, 0) is 33.2 Å². The summed E-state index contributed by atoms with van der Waals surface area (Å²) < 4.78 is 37.6. The molecule has 0 spiro atoms. The normalized spacial score (nSPS) is 35.8. The topological polar surface area (TPSA) is 230 Å². The summed E-state index contributed by atoms with van der Waals surface area (Å²) in [4.78, 5) is 11.1. The van der Waals surface area contributed by atoms with Crippen LogP contribution in [0.3, 0.4) is 0 Å². The Labute approximate surface area is 306 Å². The number of ether oxygens (including phenoxy) is 6. The van der Waals surface area contributed by atoms with Crippen LogP contribution in [0.4, 0.5) is 0 Å². The Balaban J connectivity index is 0.00000260. The maximum Gasteiger partial charge on any atom is 0.330 e. The van der Waals surface area contributed by atoms with Crippen molar-refractivity contribution in [3.8, 4) is 0 Å². The van der Waals surface area contributed by atoms with Gasteiger partial charge < -0.3 is 55.8 Å². The quantitative estimate of drug-likeness (QED) is 0.116. The van der Waals surface area contributed by atoms with Crippen LogP contribution < -0.4 is 0 Å². The summed E-state index contributed by atoms with van der Waals surface area (Å²) in [5, 5.41) is 0. The first-order valence-electron chi connectivity index (χ1n) is 19.6. The molecule has 1 aliphatic heterocycles. The molecule has 51 heavy (non-hydrogen) atoms. The van der Waals surface area contributed by atoms with Crippen molar-refractivity contribution in [2.24, 2.45) is 35.5 Å². The van der Waals surface area contributed by atoms with Gasteiger partial charge >= 0.3 is 5.97 Å². The lowest BCUT2D eigenvalue weighted by Gasteiger charge is -2.55. The average Bonchev–Trinajstić information content (AvgIpc) is 3.18.